The fourth-order valence-corrected chi connectivity index (χ4v) is 1.87. The van der Waals surface area contributed by atoms with Crippen molar-refractivity contribution in [1.82, 2.24) is 5.32 Å². The number of halogens is 1. The summed E-state index contributed by atoms with van der Waals surface area (Å²) in [5, 5.41) is 5.71. The maximum atomic E-state index is 12.8. The number of anilines is 1. The molecular formula is C17H17FN2O2. The number of carbonyl (C=O) groups is 2. The lowest BCUT2D eigenvalue weighted by molar-refractivity contribution is -0.119. The minimum Gasteiger partial charge on any atom is -0.376 e. The average molecular weight is 300 g/mol. The number of Topliss-reactive ketones (excluding diaryl/α,β-unsaturated/α-hetero) is 1. The molecule has 0 aromatic heterocycles. The zero-order valence-electron chi connectivity index (χ0n) is 12.2. The Hall–Kier alpha value is -2.69. The van der Waals surface area contributed by atoms with Crippen LogP contribution in [0.1, 0.15) is 22.8 Å². The van der Waals surface area contributed by atoms with E-state index in [1.165, 1.54) is 19.1 Å². The quantitative estimate of drug-likeness (QED) is 0.807. The number of ketones is 1. The number of carbonyl (C=O) groups excluding carboxylic acids is 2. The summed E-state index contributed by atoms with van der Waals surface area (Å²) in [6, 6.07) is 12.9. The molecule has 0 atom stereocenters. The van der Waals surface area contributed by atoms with Gasteiger partial charge in [0, 0.05) is 17.8 Å². The molecule has 0 heterocycles. The van der Waals surface area contributed by atoms with E-state index in [1.54, 1.807) is 36.4 Å². The van der Waals surface area contributed by atoms with Gasteiger partial charge in [0.25, 0.3) is 0 Å². The molecule has 0 aliphatic rings. The second-order valence-electron chi connectivity index (χ2n) is 4.89. The molecule has 2 aromatic rings. The van der Waals surface area contributed by atoms with Gasteiger partial charge in [0.1, 0.15) is 5.82 Å². The van der Waals surface area contributed by atoms with Crippen molar-refractivity contribution in [2.75, 3.05) is 11.9 Å². The molecule has 0 unspecified atom stereocenters. The highest BCUT2D eigenvalue weighted by atomic mass is 19.1. The van der Waals surface area contributed by atoms with Gasteiger partial charge in [-0.15, -0.1) is 0 Å². The Kier molecular flexibility index (Phi) is 5.25. The van der Waals surface area contributed by atoms with Crippen LogP contribution in [0, 0.1) is 5.82 Å². The van der Waals surface area contributed by atoms with Crippen LogP contribution in [0.15, 0.2) is 48.5 Å². The lowest BCUT2D eigenvalue weighted by Crippen LogP contribution is -2.29. The maximum absolute atomic E-state index is 12.8. The van der Waals surface area contributed by atoms with Gasteiger partial charge in [-0.25, -0.2) is 4.39 Å². The molecule has 0 radical (unpaired) electrons. The van der Waals surface area contributed by atoms with E-state index in [2.05, 4.69) is 10.6 Å². The molecule has 4 nitrogen and oxygen atoms in total. The van der Waals surface area contributed by atoms with Crippen LogP contribution in [0.3, 0.4) is 0 Å². The smallest absolute Gasteiger partial charge is 0.239 e. The van der Waals surface area contributed by atoms with E-state index in [9.17, 15) is 14.0 Å². The SMILES string of the molecule is CC(=O)c1ccc(NCC(=O)NCc2ccc(F)cc2)cc1. The number of nitrogens with one attached hydrogen (secondary N) is 2. The van der Waals surface area contributed by atoms with Gasteiger partial charge in [0.15, 0.2) is 5.78 Å². The van der Waals surface area contributed by atoms with Gasteiger partial charge in [-0.1, -0.05) is 12.1 Å². The first-order valence-corrected chi connectivity index (χ1v) is 6.90. The van der Waals surface area contributed by atoms with E-state index in [0.717, 1.165) is 11.3 Å². The van der Waals surface area contributed by atoms with Crippen molar-refractivity contribution in [3.8, 4) is 0 Å². The van der Waals surface area contributed by atoms with Gasteiger partial charge >= 0.3 is 0 Å². The number of amides is 1. The predicted molar refractivity (Wildman–Crippen MR) is 83.2 cm³/mol. The Bertz CT molecular complexity index is 651. The van der Waals surface area contributed by atoms with E-state index < -0.39 is 0 Å². The normalized spacial score (nSPS) is 10.1. The van der Waals surface area contributed by atoms with Gasteiger partial charge in [-0.05, 0) is 48.9 Å². The minimum absolute atomic E-state index is 0.00332. The first-order chi connectivity index (χ1) is 10.5. The molecule has 0 saturated carbocycles. The summed E-state index contributed by atoms with van der Waals surface area (Å²) in [6.45, 7) is 1.98. The molecule has 22 heavy (non-hydrogen) atoms. The van der Waals surface area contributed by atoms with Gasteiger partial charge in [-0.3, -0.25) is 9.59 Å². The summed E-state index contributed by atoms with van der Waals surface area (Å²) in [4.78, 5) is 22.9. The Morgan fingerprint density at radius 3 is 2.23 bits per heavy atom. The summed E-state index contributed by atoms with van der Waals surface area (Å²) in [7, 11) is 0. The number of benzene rings is 2. The van der Waals surface area contributed by atoms with Crippen molar-refractivity contribution in [3.63, 3.8) is 0 Å². The van der Waals surface area contributed by atoms with Crippen molar-refractivity contribution in [2.24, 2.45) is 0 Å². The molecule has 0 aliphatic heterocycles. The second-order valence-corrected chi connectivity index (χ2v) is 4.89. The minimum atomic E-state index is -0.300. The van der Waals surface area contributed by atoms with Crippen LogP contribution in [0.5, 0.6) is 0 Å². The van der Waals surface area contributed by atoms with Crippen molar-refractivity contribution >= 4 is 17.4 Å². The number of hydrogen-bond acceptors (Lipinski definition) is 3. The first-order valence-electron chi connectivity index (χ1n) is 6.90. The largest absolute Gasteiger partial charge is 0.376 e. The van der Waals surface area contributed by atoms with Crippen LogP contribution in [0.2, 0.25) is 0 Å². The topological polar surface area (TPSA) is 58.2 Å². The molecular weight excluding hydrogens is 283 g/mol. The molecule has 0 fully saturated rings. The Morgan fingerprint density at radius 2 is 1.64 bits per heavy atom. The molecule has 114 valence electrons. The molecule has 0 saturated heterocycles. The van der Waals surface area contributed by atoms with Gasteiger partial charge in [0.05, 0.1) is 6.54 Å². The molecule has 5 heteroatoms. The van der Waals surface area contributed by atoms with Gasteiger partial charge in [0.2, 0.25) is 5.91 Å². The number of rotatable bonds is 6. The lowest BCUT2D eigenvalue weighted by Gasteiger charge is -2.08. The molecule has 1 amide bonds. The van der Waals surface area contributed by atoms with E-state index in [0.29, 0.717) is 12.1 Å². The molecule has 0 aliphatic carbocycles. The van der Waals surface area contributed by atoms with Crippen LogP contribution in [0.4, 0.5) is 10.1 Å². The van der Waals surface area contributed by atoms with E-state index >= 15 is 0 Å². The first kappa shape index (κ1) is 15.7. The van der Waals surface area contributed by atoms with Crippen molar-refractivity contribution in [3.05, 3.63) is 65.5 Å². The highest BCUT2D eigenvalue weighted by molar-refractivity contribution is 5.94. The highest BCUT2D eigenvalue weighted by Crippen LogP contribution is 2.09. The van der Waals surface area contributed by atoms with Gasteiger partial charge in [-0.2, -0.15) is 0 Å². The second kappa shape index (κ2) is 7.36. The lowest BCUT2D eigenvalue weighted by atomic mass is 10.1. The predicted octanol–water partition coefficient (Wildman–Crippen LogP) is 2.76. The van der Waals surface area contributed by atoms with Crippen LogP contribution in [-0.2, 0) is 11.3 Å². The van der Waals surface area contributed by atoms with E-state index in [-0.39, 0.29) is 24.1 Å². The zero-order valence-corrected chi connectivity index (χ0v) is 12.2. The molecule has 0 bridgehead atoms. The third-order valence-corrected chi connectivity index (χ3v) is 3.15. The van der Waals surface area contributed by atoms with Crippen LogP contribution >= 0.6 is 0 Å². The van der Waals surface area contributed by atoms with Crippen LogP contribution in [0.25, 0.3) is 0 Å². The monoisotopic (exact) mass is 300 g/mol. The average Bonchev–Trinajstić information content (AvgIpc) is 2.52. The maximum Gasteiger partial charge on any atom is 0.239 e. The molecule has 2 aromatic carbocycles. The van der Waals surface area contributed by atoms with Crippen molar-refractivity contribution in [1.29, 1.82) is 0 Å². The summed E-state index contributed by atoms with van der Waals surface area (Å²) >= 11 is 0. The van der Waals surface area contributed by atoms with Gasteiger partial charge < -0.3 is 10.6 Å². The fourth-order valence-electron chi connectivity index (χ4n) is 1.87. The molecule has 2 N–H and O–H groups in total. The summed E-state index contributed by atoms with van der Waals surface area (Å²) in [5.41, 5.74) is 2.23. The summed E-state index contributed by atoms with van der Waals surface area (Å²) < 4.78 is 12.8. The molecule has 0 spiro atoms. The van der Waals surface area contributed by atoms with E-state index in [4.69, 9.17) is 0 Å². The van der Waals surface area contributed by atoms with Crippen LogP contribution < -0.4 is 10.6 Å². The van der Waals surface area contributed by atoms with Crippen molar-refractivity contribution in [2.45, 2.75) is 13.5 Å². The third-order valence-electron chi connectivity index (χ3n) is 3.15. The molecule has 2 rings (SSSR count). The summed E-state index contributed by atoms with van der Waals surface area (Å²) in [6.07, 6.45) is 0. The fraction of sp³-hybridized carbons (Fsp3) is 0.176. The Labute approximate surface area is 128 Å². The van der Waals surface area contributed by atoms with Crippen molar-refractivity contribution < 1.29 is 14.0 Å². The standard InChI is InChI=1S/C17H17FN2O2/c1-12(21)14-4-8-16(9-5-14)19-11-17(22)20-10-13-2-6-15(18)7-3-13/h2-9,19H,10-11H2,1H3,(H,20,22). The third kappa shape index (κ3) is 4.70. The van der Waals surface area contributed by atoms with E-state index in [1.807, 2.05) is 0 Å². The zero-order chi connectivity index (χ0) is 15.9. The summed E-state index contributed by atoms with van der Waals surface area (Å²) in [5.74, 6) is -0.464. The Balaban J connectivity index is 1.77. The Morgan fingerprint density at radius 1 is 1.00 bits per heavy atom. The number of hydrogen-bond donors (Lipinski definition) is 2. The van der Waals surface area contributed by atoms with Crippen LogP contribution in [-0.4, -0.2) is 18.2 Å². The highest BCUT2D eigenvalue weighted by Gasteiger charge is 2.03.